The summed E-state index contributed by atoms with van der Waals surface area (Å²) >= 11 is 0. The van der Waals surface area contributed by atoms with Crippen LogP contribution in [0.15, 0.2) is 33.7 Å². The normalized spacial score (nSPS) is 9.93. The van der Waals surface area contributed by atoms with Crippen molar-refractivity contribution >= 4 is 11.0 Å². The molecule has 1 N–H and O–H groups in total. The van der Waals surface area contributed by atoms with Crippen molar-refractivity contribution in [1.82, 2.24) is 0 Å². The summed E-state index contributed by atoms with van der Waals surface area (Å²) in [6.45, 7) is 0. The third kappa shape index (κ3) is 1.04. The molecule has 0 unspecified atom stereocenters. The van der Waals surface area contributed by atoms with E-state index in [4.69, 9.17) is 9.68 Å². The highest BCUT2D eigenvalue weighted by Gasteiger charge is 2.09. The van der Waals surface area contributed by atoms with Gasteiger partial charge in [-0.2, -0.15) is 5.26 Å². The maximum atomic E-state index is 11.3. The van der Waals surface area contributed by atoms with E-state index < -0.39 is 0 Å². The van der Waals surface area contributed by atoms with Gasteiger partial charge < -0.3 is 9.52 Å². The zero-order valence-electron chi connectivity index (χ0n) is 7.02. The summed E-state index contributed by atoms with van der Waals surface area (Å²) in [5.74, 6) is -0.186. The van der Waals surface area contributed by atoms with Crippen molar-refractivity contribution in [2.45, 2.75) is 0 Å². The number of rotatable bonds is 0. The van der Waals surface area contributed by atoms with E-state index in [0.29, 0.717) is 5.39 Å². The van der Waals surface area contributed by atoms with Crippen LogP contribution in [0.3, 0.4) is 0 Å². The van der Waals surface area contributed by atoms with Crippen LogP contribution >= 0.6 is 0 Å². The second kappa shape index (κ2) is 2.89. The van der Waals surface area contributed by atoms with Crippen molar-refractivity contribution in [2.75, 3.05) is 0 Å². The number of hydrogen-bond acceptors (Lipinski definition) is 4. The van der Waals surface area contributed by atoms with Crippen LogP contribution in [0, 0.1) is 11.3 Å². The van der Waals surface area contributed by atoms with Gasteiger partial charge in [0.25, 0.3) is 0 Å². The molecule has 2 aromatic rings. The average Bonchev–Trinajstić information content (AvgIpc) is 2.18. The second-order valence-electron chi connectivity index (χ2n) is 2.73. The number of fused-ring (bicyclic) bond motifs is 1. The van der Waals surface area contributed by atoms with Crippen molar-refractivity contribution in [3.05, 3.63) is 40.2 Å². The molecule has 14 heavy (non-hydrogen) atoms. The number of aromatic hydroxyl groups is 1. The minimum atomic E-state index is -0.234. The fourth-order valence-corrected chi connectivity index (χ4v) is 1.25. The van der Waals surface area contributed by atoms with E-state index in [1.165, 1.54) is 24.5 Å². The van der Waals surface area contributed by atoms with Crippen LogP contribution < -0.4 is 5.43 Å². The molecule has 68 valence electrons. The van der Waals surface area contributed by atoms with E-state index in [1.54, 1.807) is 6.07 Å². The van der Waals surface area contributed by atoms with Gasteiger partial charge in [0.1, 0.15) is 17.4 Å². The minimum Gasteiger partial charge on any atom is -0.506 e. The van der Waals surface area contributed by atoms with Gasteiger partial charge in [0.2, 0.25) is 0 Å². The van der Waals surface area contributed by atoms with Crippen LogP contribution in [-0.4, -0.2) is 5.11 Å². The molecule has 0 fully saturated rings. The molecular weight excluding hydrogens is 182 g/mol. The molecular formula is C10H5NO3. The van der Waals surface area contributed by atoms with Gasteiger partial charge in [-0.15, -0.1) is 0 Å². The van der Waals surface area contributed by atoms with Crippen molar-refractivity contribution in [3.63, 3.8) is 0 Å². The van der Waals surface area contributed by atoms with Crippen molar-refractivity contribution < 1.29 is 9.52 Å². The first kappa shape index (κ1) is 8.32. The van der Waals surface area contributed by atoms with E-state index >= 15 is 0 Å². The highest BCUT2D eigenvalue weighted by Crippen LogP contribution is 2.23. The highest BCUT2D eigenvalue weighted by molar-refractivity contribution is 5.84. The Labute approximate surface area is 78.6 Å². The predicted molar refractivity (Wildman–Crippen MR) is 48.9 cm³/mol. The fraction of sp³-hybridized carbons (Fsp3) is 0. The van der Waals surface area contributed by atoms with Crippen LogP contribution in [0.1, 0.15) is 5.56 Å². The molecule has 0 aliphatic rings. The number of phenols is 1. The van der Waals surface area contributed by atoms with E-state index in [2.05, 4.69) is 0 Å². The number of nitriles is 1. The maximum Gasteiger partial charge on any atom is 0.192 e. The van der Waals surface area contributed by atoms with Gasteiger partial charge in [-0.1, -0.05) is 0 Å². The molecule has 0 atom stereocenters. The molecule has 1 aromatic carbocycles. The van der Waals surface area contributed by atoms with Crippen molar-refractivity contribution in [3.8, 4) is 11.8 Å². The van der Waals surface area contributed by atoms with Crippen LogP contribution in [-0.2, 0) is 0 Å². The third-order valence-electron chi connectivity index (χ3n) is 1.92. The smallest absolute Gasteiger partial charge is 0.192 e. The zero-order chi connectivity index (χ0) is 10.1. The molecule has 0 saturated heterocycles. The van der Waals surface area contributed by atoms with Gasteiger partial charge in [0, 0.05) is 6.07 Å². The van der Waals surface area contributed by atoms with Gasteiger partial charge in [-0.25, -0.2) is 0 Å². The van der Waals surface area contributed by atoms with E-state index in [9.17, 15) is 9.90 Å². The van der Waals surface area contributed by atoms with Gasteiger partial charge in [0.15, 0.2) is 11.0 Å². The molecule has 4 heteroatoms. The lowest BCUT2D eigenvalue weighted by molar-refractivity contribution is 0.472. The number of nitrogens with zero attached hydrogens (tertiary/aromatic N) is 1. The molecule has 4 nitrogen and oxygen atoms in total. The second-order valence-corrected chi connectivity index (χ2v) is 2.73. The van der Waals surface area contributed by atoms with Gasteiger partial charge >= 0.3 is 0 Å². The van der Waals surface area contributed by atoms with Crippen molar-refractivity contribution in [1.29, 1.82) is 5.26 Å². The topological polar surface area (TPSA) is 74.2 Å². The molecule has 0 spiro atoms. The lowest BCUT2D eigenvalue weighted by Gasteiger charge is -1.99. The van der Waals surface area contributed by atoms with E-state index in [1.807, 2.05) is 0 Å². The summed E-state index contributed by atoms with van der Waals surface area (Å²) in [7, 11) is 0. The van der Waals surface area contributed by atoms with Crippen LogP contribution in [0.2, 0.25) is 0 Å². The monoisotopic (exact) mass is 187 g/mol. The fourth-order valence-electron chi connectivity index (χ4n) is 1.25. The molecule has 0 bridgehead atoms. The first-order valence-electron chi connectivity index (χ1n) is 3.87. The summed E-state index contributed by atoms with van der Waals surface area (Å²) in [5, 5.41) is 18.3. The summed E-state index contributed by atoms with van der Waals surface area (Å²) in [6, 6.07) is 5.78. The lowest BCUT2D eigenvalue weighted by atomic mass is 10.1. The molecule has 0 radical (unpaired) electrons. The number of phenolic OH excluding ortho intramolecular Hbond substituents is 1. The Morgan fingerprint density at radius 3 is 2.86 bits per heavy atom. The van der Waals surface area contributed by atoms with E-state index in [0.717, 1.165) is 0 Å². The molecule has 2 rings (SSSR count). The third-order valence-corrected chi connectivity index (χ3v) is 1.92. The Balaban J connectivity index is 3.05. The largest absolute Gasteiger partial charge is 0.506 e. The Kier molecular flexibility index (Phi) is 1.72. The van der Waals surface area contributed by atoms with Crippen LogP contribution in [0.4, 0.5) is 0 Å². The Hall–Kier alpha value is -2.28. The molecule has 0 aliphatic heterocycles. The minimum absolute atomic E-state index is 0.0137. The number of benzene rings is 1. The summed E-state index contributed by atoms with van der Waals surface area (Å²) in [4.78, 5) is 11.3. The molecule has 0 aliphatic carbocycles. The molecule has 0 amide bonds. The quantitative estimate of drug-likeness (QED) is 0.675. The summed E-state index contributed by atoms with van der Waals surface area (Å²) in [6.07, 6.45) is 1.20. The first-order valence-corrected chi connectivity index (χ1v) is 3.87. The van der Waals surface area contributed by atoms with Gasteiger partial charge in [-0.3, -0.25) is 4.79 Å². The van der Waals surface area contributed by atoms with Gasteiger partial charge in [0.05, 0.1) is 11.6 Å². The predicted octanol–water partition coefficient (Wildman–Crippen LogP) is 1.37. The lowest BCUT2D eigenvalue weighted by Crippen LogP contribution is -1.98. The van der Waals surface area contributed by atoms with Gasteiger partial charge in [-0.05, 0) is 12.1 Å². The average molecular weight is 187 g/mol. The summed E-state index contributed by atoms with van der Waals surface area (Å²) < 4.78 is 5.01. The highest BCUT2D eigenvalue weighted by atomic mass is 16.3. The number of hydrogen-bond donors (Lipinski definition) is 1. The molecule has 1 aromatic heterocycles. The van der Waals surface area contributed by atoms with Crippen LogP contribution in [0.25, 0.3) is 11.0 Å². The standard InChI is InChI=1S/C10H5NO3/c11-5-7-8(12)2-1-6-9(13)3-4-14-10(6)7/h1-4,12H. The maximum absolute atomic E-state index is 11.3. The molecule has 1 heterocycles. The molecule has 0 saturated carbocycles. The van der Waals surface area contributed by atoms with E-state index in [-0.39, 0.29) is 22.3 Å². The Bertz CT molecular complexity index is 592. The van der Waals surface area contributed by atoms with Crippen LogP contribution in [0.5, 0.6) is 5.75 Å². The Morgan fingerprint density at radius 1 is 1.36 bits per heavy atom. The first-order chi connectivity index (χ1) is 6.74. The Morgan fingerprint density at radius 2 is 2.14 bits per heavy atom. The van der Waals surface area contributed by atoms with Crippen molar-refractivity contribution in [2.24, 2.45) is 0 Å². The zero-order valence-corrected chi connectivity index (χ0v) is 7.02. The summed E-state index contributed by atoms with van der Waals surface area (Å²) in [5.41, 5.74) is -0.122. The SMILES string of the molecule is N#Cc1c(O)ccc2c(=O)ccoc12.